The number of amides is 1. The van der Waals surface area contributed by atoms with Gasteiger partial charge in [0.15, 0.2) is 0 Å². The second kappa shape index (κ2) is 7.91. The zero-order chi connectivity index (χ0) is 15.1. The first kappa shape index (κ1) is 15.7. The van der Waals surface area contributed by atoms with Crippen LogP contribution in [0.2, 0.25) is 0 Å². The lowest BCUT2D eigenvalue weighted by atomic mass is 9.96. The number of hydrogen-bond acceptors (Lipinski definition) is 3. The van der Waals surface area contributed by atoms with Crippen molar-refractivity contribution in [1.29, 1.82) is 0 Å². The first-order valence-electron chi connectivity index (χ1n) is 8.15. The van der Waals surface area contributed by atoms with Crippen molar-refractivity contribution in [2.45, 2.75) is 57.9 Å². The van der Waals surface area contributed by atoms with Crippen molar-refractivity contribution >= 4 is 17.3 Å². The summed E-state index contributed by atoms with van der Waals surface area (Å²) in [5.74, 6) is -0.0573. The molecule has 4 heteroatoms. The Kier molecular flexibility index (Phi) is 5.90. The molecule has 1 aromatic carbocycles. The van der Waals surface area contributed by atoms with Gasteiger partial charge in [0.2, 0.25) is 0 Å². The van der Waals surface area contributed by atoms with Gasteiger partial charge in [-0.2, -0.15) is 0 Å². The lowest BCUT2D eigenvalue weighted by Crippen LogP contribution is -2.26. The number of anilines is 2. The molecule has 1 fully saturated rings. The quantitative estimate of drug-likeness (QED) is 0.743. The number of nitrogens with one attached hydrogen (secondary N) is 2. The van der Waals surface area contributed by atoms with Gasteiger partial charge in [-0.3, -0.25) is 4.79 Å². The highest BCUT2D eigenvalue weighted by atomic mass is 16.1. The summed E-state index contributed by atoms with van der Waals surface area (Å²) in [6.45, 7) is 2.54. The van der Waals surface area contributed by atoms with E-state index in [1.54, 1.807) is 6.07 Å². The molecule has 1 amide bonds. The van der Waals surface area contributed by atoms with Crippen LogP contribution in [0.15, 0.2) is 18.2 Å². The fraction of sp³-hybridized carbons (Fsp3) is 0.588. The van der Waals surface area contributed by atoms with E-state index in [0.29, 0.717) is 23.8 Å². The molecule has 21 heavy (non-hydrogen) atoms. The second-order valence-corrected chi connectivity index (χ2v) is 5.85. The van der Waals surface area contributed by atoms with Gasteiger partial charge in [-0.05, 0) is 38.0 Å². The standard InChI is InChI=1S/C17H27N3O/c1-2-19-17(21)15-12-13(18)10-11-16(15)20-14-8-6-4-3-5-7-9-14/h10-12,14,20H,2-9,18H2,1H3,(H,19,21). The van der Waals surface area contributed by atoms with Crippen LogP contribution < -0.4 is 16.4 Å². The summed E-state index contributed by atoms with van der Waals surface area (Å²) in [7, 11) is 0. The summed E-state index contributed by atoms with van der Waals surface area (Å²) in [5.41, 5.74) is 8.01. The molecule has 0 aliphatic heterocycles. The average molecular weight is 289 g/mol. The van der Waals surface area contributed by atoms with Crippen LogP contribution in [-0.4, -0.2) is 18.5 Å². The van der Waals surface area contributed by atoms with E-state index >= 15 is 0 Å². The minimum atomic E-state index is -0.0573. The van der Waals surface area contributed by atoms with Crippen molar-refractivity contribution in [3.8, 4) is 0 Å². The second-order valence-electron chi connectivity index (χ2n) is 5.85. The van der Waals surface area contributed by atoms with E-state index < -0.39 is 0 Å². The van der Waals surface area contributed by atoms with E-state index in [0.717, 1.165) is 5.69 Å². The predicted molar refractivity (Wildman–Crippen MR) is 88.6 cm³/mol. The van der Waals surface area contributed by atoms with Gasteiger partial charge in [-0.25, -0.2) is 0 Å². The smallest absolute Gasteiger partial charge is 0.253 e. The Balaban J connectivity index is 2.12. The highest BCUT2D eigenvalue weighted by Crippen LogP contribution is 2.24. The number of hydrogen-bond donors (Lipinski definition) is 3. The van der Waals surface area contributed by atoms with Crippen LogP contribution in [0.5, 0.6) is 0 Å². The van der Waals surface area contributed by atoms with Gasteiger partial charge in [0, 0.05) is 24.0 Å². The maximum absolute atomic E-state index is 12.2. The summed E-state index contributed by atoms with van der Waals surface area (Å²) < 4.78 is 0. The molecule has 4 N–H and O–H groups in total. The number of nitrogen functional groups attached to an aromatic ring is 1. The Morgan fingerprint density at radius 2 is 1.86 bits per heavy atom. The molecular formula is C17H27N3O. The van der Waals surface area contributed by atoms with Crippen molar-refractivity contribution in [2.24, 2.45) is 0 Å². The highest BCUT2D eigenvalue weighted by molar-refractivity contribution is 6.00. The molecule has 1 saturated carbocycles. The molecule has 1 aliphatic carbocycles. The molecule has 0 heterocycles. The Morgan fingerprint density at radius 3 is 2.52 bits per heavy atom. The van der Waals surface area contributed by atoms with Gasteiger partial charge in [-0.1, -0.05) is 32.1 Å². The summed E-state index contributed by atoms with van der Waals surface area (Å²) in [6, 6.07) is 6.00. The van der Waals surface area contributed by atoms with Crippen molar-refractivity contribution in [2.75, 3.05) is 17.6 Å². The fourth-order valence-electron chi connectivity index (χ4n) is 2.95. The third kappa shape index (κ3) is 4.66. The van der Waals surface area contributed by atoms with Gasteiger partial charge in [0.05, 0.1) is 5.56 Å². The summed E-state index contributed by atoms with van der Waals surface area (Å²) in [6.07, 6.45) is 8.90. The molecule has 2 rings (SSSR count). The normalized spacial score (nSPS) is 16.8. The van der Waals surface area contributed by atoms with E-state index in [1.807, 2.05) is 19.1 Å². The van der Waals surface area contributed by atoms with E-state index in [-0.39, 0.29) is 5.91 Å². The molecule has 4 nitrogen and oxygen atoms in total. The van der Waals surface area contributed by atoms with Crippen molar-refractivity contribution in [3.05, 3.63) is 23.8 Å². The zero-order valence-electron chi connectivity index (χ0n) is 13.0. The van der Waals surface area contributed by atoms with Crippen LogP contribution >= 0.6 is 0 Å². The maximum atomic E-state index is 12.2. The average Bonchev–Trinajstić information content (AvgIpc) is 2.43. The van der Waals surface area contributed by atoms with E-state index in [4.69, 9.17) is 5.73 Å². The first-order chi connectivity index (χ1) is 10.2. The van der Waals surface area contributed by atoms with Crippen LogP contribution in [0.25, 0.3) is 0 Å². The monoisotopic (exact) mass is 289 g/mol. The SMILES string of the molecule is CCNC(=O)c1cc(N)ccc1NC1CCCCCCC1. The number of nitrogens with two attached hydrogens (primary N) is 1. The van der Waals surface area contributed by atoms with E-state index in [1.165, 1.54) is 44.9 Å². The van der Waals surface area contributed by atoms with Crippen LogP contribution in [0.1, 0.15) is 62.2 Å². The number of benzene rings is 1. The largest absolute Gasteiger partial charge is 0.399 e. The minimum Gasteiger partial charge on any atom is -0.399 e. The minimum absolute atomic E-state index is 0.0573. The molecule has 0 spiro atoms. The molecule has 0 atom stereocenters. The highest BCUT2D eigenvalue weighted by Gasteiger charge is 2.16. The van der Waals surface area contributed by atoms with Gasteiger partial charge < -0.3 is 16.4 Å². The fourth-order valence-corrected chi connectivity index (χ4v) is 2.95. The topological polar surface area (TPSA) is 67.2 Å². The number of rotatable bonds is 4. The molecule has 1 aliphatic rings. The van der Waals surface area contributed by atoms with Gasteiger partial charge in [0.1, 0.15) is 0 Å². The molecule has 116 valence electrons. The Hall–Kier alpha value is -1.71. The summed E-state index contributed by atoms with van der Waals surface area (Å²) in [4.78, 5) is 12.2. The van der Waals surface area contributed by atoms with Gasteiger partial charge >= 0.3 is 0 Å². The van der Waals surface area contributed by atoms with Gasteiger partial charge in [-0.15, -0.1) is 0 Å². The Labute approximate surface area is 127 Å². The number of carbonyl (C=O) groups is 1. The molecule has 0 saturated heterocycles. The maximum Gasteiger partial charge on any atom is 0.253 e. The molecule has 0 aromatic heterocycles. The third-order valence-electron chi connectivity index (χ3n) is 4.09. The van der Waals surface area contributed by atoms with Crippen LogP contribution in [-0.2, 0) is 0 Å². The molecule has 1 aromatic rings. The van der Waals surface area contributed by atoms with Gasteiger partial charge in [0.25, 0.3) is 5.91 Å². The summed E-state index contributed by atoms with van der Waals surface area (Å²) >= 11 is 0. The molecule has 0 bridgehead atoms. The summed E-state index contributed by atoms with van der Waals surface area (Å²) in [5, 5.41) is 6.42. The lowest BCUT2D eigenvalue weighted by molar-refractivity contribution is 0.0956. The lowest BCUT2D eigenvalue weighted by Gasteiger charge is -2.23. The van der Waals surface area contributed by atoms with Crippen molar-refractivity contribution < 1.29 is 4.79 Å². The molecule has 0 unspecified atom stereocenters. The molecular weight excluding hydrogens is 262 g/mol. The first-order valence-corrected chi connectivity index (χ1v) is 8.15. The van der Waals surface area contributed by atoms with Crippen LogP contribution in [0.3, 0.4) is 0 Å². The Morgan fingerprint density at radius 1 is 1.19 bits per heavy atom. The van der Waals surface area contributed by atoms with Crippen LogP contribution in [0.4, 0.5) is 11.4 Å². The predicted octanol–water partition coefficient (Wildman–Crippen LogP) is 3.54. The van der Waals surface area contributed by atoms with Crippen molar-refractivity contribution in [3.63, 3.8) is 0 Å². The number of carbonyl (C=O) groups excluding carboxylic acids is 1. The van der Waals surface area contributed by atoms with Crippen molar-refractivity contribution in [1.82, 2.24) is 5.32 Å². The Bertz CT molecular complexity index is 465. The zero-order valence-corrected chi connectivity index (χ0v) is 13.0. The van der Waals surface area contributed by atoms with E-state index in [2.05, 4.69) is 10.6 Å². The third-order valence-corrected chi connectivity index (χ3v) is 4.09. The van der Waals surface area contributed by atoms with Crippen LogP contribution in [0, 0.1) is 0 Å². The molecule has 0 radical (unpaired) electrons. The van der Waals surface area contributed by atoms with E-state index in [9.17, 15) is 4.79 Å².